The van der Waals surface area contributed by atoms with E-state index in [1.807, 2.05) is 0 Å². The molecule has 1 heterocycles. The SMILES string of the molecule is CC(N)CCC1CCSC1(C)C. The van der Waals surface area contributed by atoms with Crippen LogP contribution in [0.3, 0.4) is 0 Å². The number of hydrogen-bond acceptors (Lipinski definition) is 2. The maximum atomic E-state index is 5.75. The van der Waals surface area contributed by atoms with Crippen LogP contribution in [0, 0.1) is 5.92 Å². The Morgan fingerprint density at radius 1 is 1.58 bits per heavy atom. The van der Waals surface area contributed by atoms with E-state index in [9.17, 15) is 0 Å². The van der Waals surface area contributed by atoms with Crippen molar-refractivity contribution >= 4 is 11.8 Å². The van der Waals surface area contributed by atoms with Gasteiger partial charge in [-0.25, -0.2) is 0 Å². The molecule has 72 valence electrons. The summed E-state index contributed by atoms with van der Waals surface area (Å²) in [7, 11) is 0. The van der Waals surface area contributed by atoms with Gasteiger partial charge in [0.25, 0.3) is 0 Å². The lowest BCUT2D eigenvalue weighted by atomic mass is 9.87. The molecule has 2 unspecified atom stereocenters. The Morgan fingerprint density at radius 2 is 2.25 bits per heavy atom. The highest BCUT2D eigenvalue weighted by atomic mass is 32.2. The van der Waals surface area contributed by atoms with Crippen LogP contribution in [0.4, 0.5) is 0 Å². The predicted molar refractivity (Wildman–Crippen MR) is 57.5 cm³/mol. The highest BCUT2D eigenvalue weighted by Crippen LogP contribution is 2.44. The van der Waals surface area contributed by atoms with Crippen molar-refractivity contribution in [2.75, 3.05) is 5.75 Å². The van der Waals surface area contributed by atoms with Crippen molar-refractivity contribution in [3.8, 4) is 0 Å². The summed E-state index contributed by atoms with van der Waals surface area (Å²) in [6.07, 6.45) is 3.90. The van der Waals surface area contributed by atoms with E-state index in [1.54, 1.807) is 0 Å². The van der Waals surface area contributed by atoms with Gasteiger partial charge in [-0.2, -0.15) is 11.8 Å². The number of thioether (sulfide) groups is 1. The van der Waals surface area contributed by atoms with E-state index in [-0.39, 0.29) is 0 Å². The van der Waals surface area contributed by atoms with Crippen LogP contribution in [-0.4, -0.2) is 16.5 Å². The fraction of sp³-hybridized carbons (Fsp3) is 1.00. The van der Waals surface area contributed by atoms with Crippen LogP contribution >= 0.6 is 11.8 Å². The van der Waals surface area contributed by atoms with Crippen LogP contribution in [0.25, 0.3) is 0 Å². The van der Waals surface area contributed by atoms with Crippen molar-refractivity contribution < 1.29 is 0 Å². The van der Waals surface area contributed by atoms with Crippen molar-refractivity contribution in [1.29, 1.82) is 0 Å². The zero-order valence-corrected chi connectivity index (χ0v) is 9.29. The van der Waals surface area contributed by atoms with Crippen molar-refractivity contribution in [3.05, 3.63) is 0 Å². The number of hydrogen-bond donors (Lipinski definition) is 1. The van der Waals surface area contributed by atoms with Crippen LogP contribution in [0.1, 0.15) is 40.0 Å². The summed E-state index contributed by atoms with van der Waals surface area (Å²) in [4.78, 5) is 0. The van der Waals surface area contributed by atoms with Gasteiger partial charge in [0.05, 0.1) is 0 Å². The monoisotopic (exact) mass is 187 g/mol. The van der Waals surface area contributed by atoms with Gasteiger partial charge in [-0.3, -0.25) is 0 Å². The molecule has 1 rings (SSSR count). The molecule has 1 aliphatic heterocycles. The zero-order chi connectivity index (χ0) is 9.19. The van der Waals surface area contributed by atoms with E-state index >= 15 is 0 Å². The lowest BCUT2D eigenvalue weighted by molar-refractivity contribution is 0.383. The molecule has 12 heavy (non-hydrogen) atoms. The Balaban J connectivity index is 2.32. The maximum Gasteiger partial charge on any atom is 0.0132 e. The predicted octanol–water partition coefficient (Wildman–Crippen LogP) is 2.65. The van der Waals surface area contributed by atoms with Crippen molar-refractivity contribution in [1.82, 2.24) is 0 Å². The molecule has 1 fully saturated rings. The van der Waals surface area contributed by atoms with E-state index in [1.165, 1.54) is 25.0 Å². The minimum atomic E-state index is 0.381. The second-order valence-electron chi connectivity index (χ2n) is 4.49. The van der Waals surface area contributed by atoms with Crippen molar-refractivity contribution in [2.45, 2.75) is 50.8 Å². The minimum absolute atomic E-state index is 0.381. The Morgan fingerprint density at radius 3 is 2.67 bits per heavy atom. The van der Waals surface area contributed by atoms with Crippen molar-refractivity contribution in [3.63, 3.8) is 0 Å². The first-order valence-corrected chi connectivity index (χ1v) is 5.90. The third kappa shape index (κ3) is 2.67. The Labute approximate surface area is 80.5 Å². The van der Waals surface area contributed by atoms with E-state index < -0.39 is 0 Å². The normalized spacial score (nSPS) is 30.5. The molecule has 1 nitrogen and oxygen atoms in total. The first-order chi connectivity index (χ1) is 5.52. The summed E-state index contributed by atoms with van der Waals surface area (Å²) >= 11 is 2.12. The molecule has 1 saturated heterocycles. The minimum Gasteiger partial charge on any atom is -0.328 e. The third-order valence-electron chi connectivity index (χ3n) is 2.89. The Bertz CT molecular complexity index is 143. The van der Waals surface area contributed by atoms with Gasteiger partial charge in [0.1, 0.15) is 0 Å². The quantitative estimate of drug-likeness (QED) is 0.735. The maximum absolute atomic E-state index is 5.75. The number of nitrogens with two attached hydrogens (primary N) is 1. The highest BCUT2D eigenvalue weighted by Gasteiger charge is 2.34. The van der Waals surface area contributed by atoms with Gasteiger partial charge in [-0.1, -0.05) is 13.8 Å². The molecule has 1 aliphatic rings. The molecule has 0 aromatic carbocycles. The van der Waals surface area contributed by atoms with Gasteiger partial charge in [0.2, 0.25) is 0 Å². The van der Waals surface area contributed by atoms with Gasteiger partial charge in [0, 0.05) is 10.8 Å². The zero-order valence-electron chi connectivity index (χ0n) is 8.47. The topological polar surface area (TPSA) is 26.0 Å². The van der Waals surface area contributed by atoms with Gasteiger partial charge < -0.3 is 5.73 Å². The Hall–Kier alpha value is 0.310. The molecule has 0 spiro atoms. The Kier molecular flexibility index (Phi) is 3.47. The van der Waals surface area contributed by atoms with Crippen LogP contribution in [0.5, 0.6) is 0 Å². The van der Waals surface area contributed by atoms with Crippen molar-refractivity contribution in [2.24, 2.45) is 11.7 Å². The smallest absolute Gasteiger partial charge is 0.0132 e. The molecule has 2 N–H and O–H groups in total. The average molecular weight is 187 g/mol. The molecule has 0 aliphatic carbocycles. The van der Waals surface area contributed by atoms with Crippen LogP contribution in [-0.2, 0) is 0 Å². The summed E-state index contributed by atoms with van der Waals surface area (Å²) in [6.45, 7) is 6.85. The largest absolute Gasteiger partial charge is 0.328 e. The summed E-state index contributed by atoms with van der Waals surface area (Å²) in [5.74, 6) is 2.24. The van der Waals surface area contributed by atoms with Gasteiger partial charge in [-0.05, 0) is 37.9 Å². The van der Waals surface area contributed by atoms with Crippen LogP contribution in [0.15, 0.2) is 0 Å². The second kappa shape index (κ2) is 4.01. The first-order valence-electron chi connectivity index (χ1n) is 4.92. The van der Waals surface area contributed by atoms with E-state index in [0.29, 0.717) is 10.8 Å². The molecule has 0 bridgehead atoms. The molecule has 0 amide bonds. The summed E-state index contributed by atoms with van der Waals surface area (Å²) in [5, 5.41) is 0. The fourth-order valence-corrected chi connectivity index (χ4v) is 3.29. The summed E-state index contributed by atoms with van der Waals surface area (Å²) in [6, 6.07) is 0.381. The summed E-state index contributed by atoms with van der Waals surface area (Å²) in [5.41, 5.74) is 5.75. The molecule has 0 radical (unpaired) electrons. The molecule has 0 aromatic heterocycles. The fourth-order valence-electron chi connectivity index (χ4n) is 1.89. The van der Waals surface area contributed by atoms with Gasteiger partial charge >= 0.3 is 0 Å². The van der Waals surface area contributed by atoms with E-state index in [0.717, 1.165) is 5.92 Å². The molecule has 2 heteroatoms. The molecular weight excluding hydrogens is 166 g/mol. The first kappa shape index (κ1) is 10.4. The average Bonchev–Trinajstić information content (AvgIpc) is 2.25. The highest BCUT2D eigenvalue weighted by molar-refractivity contribution is 8.00. The lowest BCUT2D eigenvalue weighted by Crippen LogP contribution is -2.24. The van der Waals surface area contributed by atoms with Gasteiger partial charge in [0.15, 0.2) is 0 Å². The molecular formula is C10H21NS. The van der Waals surface area contributed by atoms with Gasteiger partial charge in [-0.15, -0.1) is 0 Å². The summed E-state index contributed by atoms with van der Waals surface area (Å²) < 4.78 is 0.509. The molecule has 0 saturated carbocycles. The third-order valence-corrected chi connectivity index (χ3v) is 4.41. The van der Waals surface area contributed by atoms with E-state index in [2.05, 4.69) is 32.5 Å². The van der Waals surface area contributed by atoms with Crippen LogP contribution < -0.4 is 5.73 Å². The second-order valence-corrected chi connectivity index (χ2v) is 6.24. The molecule has 0 aromatic rings. The number of rotatable bonds is 3. The van der Waals surface area contributed by atoms with Crippen LogP contribution in [0.2, 0.25) is 0 Å². The lowest BCUT2D eigenvalue weighted by Gasteiger charge is -2.26. The standard InChI is InChI=1S/C10H21NS/c1-8(11)4-5-9-6-7-12-10(9,2)3/h8-9H,4-7,11H2,1-3H3. The van der Waals surface area contributed by atoms with E-state index in [4.69, 9.17) is 5.73 Å². The molecule has 2 atom stereocenters.